The molecule has 0 radical (unpaired) electrons. The number of aromatic nitrogens is 2. The van der Waals surface area contributed by atoms with Crippen molar-refractivity contribution in [1.82, 2.24) is 9.97 Å². The van der Waals surface area contributed by atoms with Gasteiger partial charge in [0.2, 0.25) is 0 Å². The molecule has 92 valence electrons. The Kier molecular flexibility index (Phi) is 2.33. The Hall–Kier alpha value is -1.97. The SMILES string of the molecule is CCC1(c2cnc[nH]2)Cc2ccc(F)cc2C1=O. The van der Waals surface area contributed by atoms with Gasteiger partial charge in [-0.15, -0.1) is 0 Å². The Morgan fingerprint density at radius 1 is 1.50 bits per heavy atom. The number of nitrogens with one attached hydrogen (secondary N) is 1. The van der Waals surface area contributed by atoms with Crippen LogP contribution in [-0.4, -0.2) is 15.8 Å². The number of imidazole rings is 1. The number of benzene rings is 1. The largest absolute Gasteiger partial charge is 0.348 e. The third kappa shape index (κ3) is 1.35. The molecule has 18 heavy (non-hydrogen) atoms. The van der Waals surface area contributed by atoms with Crippen molar-refractivity contribution in [2.45, 2.75) is 25.2 Å². The fourth-order valence-electron chi connectivity index (χ4n) is 2.79. The summed E-state index contributed by atoms with van der Waals surface area (Å²) in [6, 6.07) is 4.45. The molecule has 0 spiro atoms. The summed E-state index contributed by atoms with van der Waals surface area (Å²) in [5.41, 5.74) is 1.63. The van der Waals surface area contributed by atoms with Crippen LogP contribution in [0, 0.1) is 5.82 Å². The fraction of sp³-hybridized carbons (Fsp3) is 0.286. The molecule has 3 rings (SSSR count). The van der Waals surface area contributed by atoms with Crippen LogP contribution in [0.5, 0.6) is 0 Å². The van der Waals surface area contributed by atoms with Crippen molar-refractivity contribution < 1.29 is 9.18 Å². The smallest absolute Gasteiger partial charge is 0.175 e. The Morgan fingerprint density at radius 3 is 3.00 bits per heavy atom. The molecular weight excluding hydrogens is 231 g/mol. The summed E-state index contributed by atoms with van der Waals surface area (Å²) in [4.78, 5) is 19.6. The van der Waals surface area contributed by atoms with Gasteiger partial charge in [0.15, 0.2) is 5.78 Å². The topological polar surface area (TPSA) is 45.8 Å². The molecule has 0 bridgehead atoms. The second-order valence-electron chi connectivity index (χ2n) is 4.71. The highest BCUT2D eigenvalue weighted by Crippen LogP contribution is 2.41. The molecule has 1 N–H and O–H groups in total. The number of carbonyl (C=O) groups is 1. The van der Waals surface area contributed by atoms with E-state index in [-0.39, 0.29) is 11.6 Å². The summed E-state index contributed by atoms with van der Waals surface area (Å²) >= 11 is 0. The second-order valence-corrected chi connectivity index (χ2v) is 4.71. The van der Waals surface area contributed by atoms with Gasteiger partial charge in [-0.05, 0) is 30.5 Å². The maximum absolute atomic E-state index is 13.3. The van der Waals surface area contributed by atoms with E-state index in [0.29, 0.717) is 18.4 Å². The predicted octanol–water partition coefficient (Wildman–Crippen LogP) is 2.64. The van der Waals surface area contributed by atoms with Gasteiger partial charge >= 0.3 is 0 Å². The quantitative estimate of drug-likeness (QED) is 0.882. The van der Waals surface area contributed by atoms with Crippen LogP contribution in [0.2, 0.25) is 0 Å². The number of fused-ring (bicyclic) bond motifs is 1. The van der Waals surface area contributed by atoms with Gasteiger partial charge in [-0.2, -0.15) is 0 Å². The average molecular weight is 244 g/mol. The standard InChI is InChI=1S/C14H13FN2O/c1-2-14(12-7-16-8-17-12)6-9-3-4-10(15)5-11(9)13(14)18/h3-5,7-8H,2,6H2,1H3,(H,16,17). The zero-order chi connectivity index (χ0) is 12.8. The molecule has 0 fully saturated rings. The maximum atomic E-state index is 13.3. The third-order valence-corrected chi connectivity index (χ3v) is 3.86. The van der Waals surface area contributed by atoms with E-state index in [2.05, 4.69) is 9.97 Å². The van der Waals surface area contributed by atoms with Gasteiger partial charge < -0.3 is 4.98 Å². The molecule has 1 aliphatic carbocycles. The molecule has 0 aliphatic heterocycles. The zero-order valence-electron chi connectivity index (χ0n) is 10.0. The van der Waals surface area contributed by atoms with Gasteiger partial charge in [-0.1, -0.05) is 13.0 Å². The lowest BCUT2D eigenvalue weighted by Crippen LogP contribution is -2.32. The number of ketones is 1. The van der Waals surface area contributed by atoms with Gasteiger partial charge in [0.25, 0.3) is 0 Å². The summed E-state index contributed by atoms with van der Waals surface area (Å²) in [5.74, 6) is -0.373. The molecule has 3 nitrogen and oxygen atoms in total. The van der Waals surface area contributed by atoms with E-state index in [1.807, 2.05) is 6.92 Å². The molecular formula is C14H13FN2O. The third-order valence-electron chi connectivity index (χ3n) is 3.86. The molecule has 1 aromatic heterocycles. The lowest BCUT2D eigenvalue weighted by atomic mass is 9.78. The zero-order valence-corrected chi connectivity index (χ0v) is 10.0. The first-order chi connectivity index (χ1) is 8.67. The number of halogens is 1. The number of nitrogens with zero attached hydrogens (tertiary/aromatic N) is 1. The molecule has 1 aromatic carbocycles. The monoisotopic (exact) mass is 244 g/mol. The molecule has 1 unspecified atom stereocenters. The Labute approximate surface area is 104 Å². The van der Waals surface area contributed by atoms with Crippen LogP contribution in [0.25, 0.3) is 0 Å². The first-order valence-corrected chi connectivity index (χ1v) is 5.99. The molecule has 1 heterocycles. The minimum atomic E-state index is -0.605. The van der Waals surface area contributed by atoms with Crippen LogP contribution in [0.15, 0.2) is 30.7 Å². The minimum absolute atomic E-state index is 0.0104. The molecule has 4 heteroatoms. The predicted molar refractivity (Wildman–Crippen MR) is 65.0 cm³/mol. The lowest BCUT2D eigenvalue weighted by molar-refractivity contribution is 0.0895. The number of hydrogen-bond acceptors (Lipinski definition) is 2. The number of hydrogen-bond donors (Lipinski definition) is 1. The summed E-state index contributed by atoms with van der Waals surface area (Å²) in [6.07, 6.45) is 4.54. The summed E-state index contributed by atoms with van der Waals surface area (Å²) in [6.45, 7) is 1.97. The number of carbonyl (C=O) groups excluding carboxylic acids is 1. The van der Waals surface area contributed by atoms with Crippen LogP contribution in [0.1, 0.15) is 35.0 Å². The van der Waals surface area contributed by atoms with E-state index in [1.165, 1.54) is 12.1 Å². The highest BCUT2D eigenvalue weighted by atomic mass is 19.1. The summed E-state index contributed by atoms with van der Waals surface area (Å²) < 4.78 is 13.3. The molecule has 2 aromatic rings. The summed E-state index contributed by atoms with van der Waals surface area (Å²) in [5, 5.41) is 0. The van der Waals surface area contributed by atoms with Crippen LogP contribution < -0.4 is 0 Å². The molecule has 0 saturated carbocycles. The normalized spacial score (nSPS) is 22.2. The molecule has 1 aliphatic rings. The first-order valence-electron chi connectivity index (χ1n) is 5.99. The Bertz CT molecular complexity index is 606. The minimum Gasteiger partial charge on any atom is -0.348 e. The van der Waals surface area contributed by atoms with Crippen LogP contribution in [0.4, 0.5) is 4.39 Å². The molecule has 1 atom stereocenters. The lowest BCUT2D eigenvalue weighted by Gasteiger charge is -2.23. The van der Waals surface area contributed by atoms with Crippen LogP contribution in [0.3, 0.4) is 0 Å². The number of aromatic amines is 1. The number of rotatable bonds is 2. The Morgan fingerprint density at radius 2 is 2.33 bits per heavy atom. The summed E-state index contributed by atoms with van der Waals surface area (Å²) in [7, 11) is 0. The average Bonchev–Trinajstić information content (AvgIpc) is 2.98. The van der Waals surface area contributed by atoms with Gasteiger partial charge in [0, 0.05) is 17.5 Å². The Balaban J connectivity index is 2.15. The van der Waals surface area contributed by atoms with E-state index in [1.54, 1.807) is 18.6 Å². The van der Waals surface area contributed by atoms with Crippen molar-refractivity contribution in [1.29, 1.82) is 0 Å². The fourth-order valence-corrected chi connectivity index (χ4v) is 2.79. The van der Waals surface area contributed by atoms with Crippen molar-refractivity contribution in [3.63, 3.8) is 0 Å². The van der Waals surface area contributed by atoms with Crippen LogP contribution >= 0.6 is 0 Å². The van der Waals surface area contributed by atoms with Gasteiger partial charge in [0.05, 0.1) is 11.7 Å². The van der Waals surface area contributed by atoms with E-state index in [0.717, 1.165) is 11.3 Å². The van der Waals surface area contributed by atoms with E-state index >= 15 is 0 Å². The van der Waals surface area contributed by atoms with Crippen LogP contribution in [-0.2, 0) is 11.8 Å². The van der Waals surface area contributed by atoms with Gasteiger partial charge in [-0.25, -0.2) is 9.37 Å². The van der Waals surface area contributed by atoms with E-state index in [4.69, 9.17) is 0 Å². The van der Waals surface area contributed by atoms with Crippen molar-refractivity contribution in [2.24, 2.45) is 0 Å². The van der Waals surface area contributed by atoms with Crippen molar-refractivity contribution in [3.8, 4) is 0 Å². The second kappa shape index (κ2) is 3.77. The van der Waals surface area contributed by atoms with Crippen molar-refractivity contribution in [2.75, 3.05) is 0 Å². The van der Waals surface area contributed by atoms with Gasteiger partial charge in [0.1, 0.15) is 5.82 Å². The molecule has 0 amide bonds. The molecule has 0 saturated heterocycles. The van der Waals surface area contributed by atoms with E-state index < -0.39 is 5.41 Å². The highest BCUT2D eigenvalue weighted by Gasteiger charge is 2.46. The first kappa shape index (κ1) is 11.1. The number of H-pyrrole nitrogens is 1. The van der Waals surface area contributed by atoms with Crippen molar-refractivity contribution in [3.05, 3.63) is 53.4 Å². The number of Topliss-reactive ketones (excluding diaryl/α,β-unsaturated/α-hetero) is 1. The van der Waals surface area contributed by atoms with Crippen molar-refractivity contribution >= 4 is 5.78 Å². The highest BCUT2D eigenvalue weighted by molar-refractivity contribution is 6.08. The van der Waals surface area contributed by atoms with E-state index in [9.17, 15) is 9.18 Å². The maximum Gasteiger partial charge on any atom is 0.175 e. The van der Waals surface area contributed by atoms with Gasteiger partial charge in [-0.3, -0.25) is 4.79 Å².